The molecule has 3 nitrogen and oxygen atoms in total. The fourth-order valence-electron chi connectivity index (χ4n) is 2.12. The van der Waals surface area contributed by atoms with Crippen LogP contribution in [0.3, 0.4) is 0 Å². The fraction of sp³-hybridized carbons (Fsp3) is 0.462. The number of nitriles is 1. The maximum Gasteiger partial charge on any atom is 0.0992 e. The van der Waals surface area contributed by atoms with Crippen LogP contribution in [0.1, 0.15) is 24.8 Å². The van der Waals surface area contributed by atoms with Crippen LogP contribution in [-0.2, 0) is 0 Å². The largest absolute Gasteiger partial charge is 0.395 e. The Hall–Kier alpha value is -1.05. The van der Waals surface area contributed by atoms with Crippen molar-refractivity contribution in [2.24, 2.45) is 0 Å². The molecule has 1 fully saturated rings. The summed E-state index contributed by atoms with van der Waals surface area (Å²) in [6.07, 6.45) is 3.64. The molecule has 1 aliphatic rings. The van der Waals surface area contributed by atoms with Gasteiger partial charge in [0.2, 0.25) is 0 Å². The van der Waals surface area contributed by atoms with Crippen LogP contribution in [0.5, 0.6) is 0 Å². The molecule has 1 aromatic carbocycles. The standard InChI is InChI=1S/C13H15BrN2O/c14-12-8-10(9-15)4-5-13(12)16(6-7-17)11-2-1-3-11/h4-5,8,11,17H,1-3,6-7H2. The van der Waals surface area contributed by atoms with Crippen molar-refractivity contribution in [3.8, 4) is 6.07 Å². The highest BCUT2D eigenvalue weighted by atomic mass is 79.9. The summed E-state index contributed by atoms with van der Waals surface area (Å²) in [5.74, 6) is 0. The molecule has 2 rings (SSSR count). The minimum Gasteiger partial charge on any atom is -0.395 e. The first kappa shape index (κ1) is 12.4. The predicted molar refractivity (Wildman–Crippen MR) is 70.9 cm³/mol. The van der Waals surface area contributed by atoms with Crippen molar-refractivity contribution in [3.63, 3.8) is 0 Å². The molecule has 0 amide bonds. The summed E-state index contributed by atoms with van der Waals surface area (Å²) in [5.41, 5.74) is 1.72. The number of halogens is 1. The minimum atomic E-state index is 0.156. The number of aliphatic hydroxyl groups is 1. The number of hydrogen-bond acceptors (Lipinski definition) is 3. The Balaban J connectivity index is 2.26. The first-order chi connectivity index (χ1) is 8.26. The van der Waals surface area contributed by atoms with Gasteiger partial charge >= 0.3 is 0 Å². The molecule has 1 aromatic rings. The average Bonchev–Trinajstić information content (AvgIpc) is 2.26. The zero-order valence-corrected chi connectivity index (χ0v) is 11.2. The number of rotatable bonds is 4. The lowest BCUT2D eigenvalue weighted by Crippen LogP contribution is -2.42. The van der Waals surface area contributed by atoms with E-state index >= 15 is 0 Å². The summed E-state index contributed by atoms with van der Waals surface area (Å²) in [5, 5.41) is 18.0. The maximum absolute atomic E-state index is 9.15. The van der Waals surface area contributed by atoms with Gasteiger partial charge in [0.05, 0.1) is 23.9 Å². The average molecular weight is 295 g/mol. The van der Waals surface area contributed by atoms with Crippen LogP contribution >= 0.6 is 15.9 Å². The van der Waals surface area contributed by atoms with Crippen molar-refractivity contribution >= 4 is 21.6 Å². The molecule has 0 aromatic heterocycles. The zero-order chi connectivity index (χ0) is 12.3. The minimum absolute atomic E-state index is 0.156. The molecule has 0 saturated heterocycles. The van der Waals surface area contributed by atoms with Crippen molar-refractivity contribution in [1.82, 2.24) is 0 Å². The second-order valence-corrected chi connectivity index (χ2v) is 5.13. The van der Waals surface area contributed by atoms with Gasteiger partial charge in [0.15, 0.2) is 0 Å². The van der Waals surface area contributed by atoms with E-state index in [2.05, 4.69) is 26.9 Å². The van der Waals surface area contributed by atoms with E-state index in [9.17, 15) is 0 Å². The number of anilines is 1. The van der Waals surface area contributed by atoms with E-state index in [0.717, 1.165) is 10.2 Å². The summed E-state index contributed by atoms with van der Waals surface area (Å²) >= 11 is 3.51. The van der Waals surface area contributed by atoms with Crippen LogP contribution in [0.25, 0.3) is 0 Å². The smallest absolute Gasteiger partial charge is 0.0992 e. The Labute approximate surface area is 110 Å². The van der Waals surface area contributed by atoms with E-state index < -0.39 is 0 Å². The first-order valence-corrected chi connectivity index (χ1v) is 6.62. The summed E-state index contributed by atoms with van der Waals surface area (Å²) < 4.78 is 0.928. The van der Waals surface area contributed by atoms with Crippen LogP contribution < -0.4 is 4.90 Å². The van der Waals surface area contributed by atoms with Gasteiger partial charge in [0.1, 0.15) is 0 Å². The Morgan fingerprint density at radius 3 is 2.71 bits per heavy atom. The summed E-state index contributed by atoms with van der Waals surface area (Å²) in [6.45, 7) is 0.804. The van der Waals surface area contributed by atoms with Crippen LogP contribution in [0.4, 0.5) is 5.69 Å². The van der Waals surface area contributed by atoms with E-state index in [0.29, 0.717) is 18.2 Å². The van der Waals surface area contributed by atoms with Crippen molar-refractivity contribution < 1.29 is 5.11 Å². The van der Waals surface area contributed by atoms with Crippen molar-refractivity contribution in [2.75, 3.05) is 18.1 Å². The van der Waals surface area contributed by atoms with E-state index in [1.165, 1.54) is 19.3 Å². The molecule has 0 aliphatic heterocycles. The molecule has 17 heavy (non-hydrogen) atoms. The number of hydrogen-bond donors (Lipinski definition) is 1. The van der Waals surface area contributed by atoms with Gasteiger partial charge in [-0.3, -0.25) is 0 Å². The summed E-state index contributed by atoms with van der Waals surface area (Å²) in [6, 6.07) is 8.27. The van der Waals surface area contributed by atoms with Crippen molar-refractivity contribution in [1.29, 1.82) is 5.26 Å². The maximum atomic E-state index is 9.15. The molecule has 4 heteroatoms. The quantitative estimate of drug-likeness (QED) is 0.929. The van der Waals surface area contributed by atoms with Crippen molar-refractivity contribution in [3.05, 3.63) is 28.2 Å². The highest BCUT2D eigenvalue weighted by Gasteiger charge is 2.25. The molecule has 0 atom stereocenters. The topological polar surface area (TPSA) is 47.3 Å². The molecular formula is C13H15BrN2O. The molecule has 90 valence electrons. The summed E-state index contributed by atoms with van der Waals surface area (Å²) in [7, 11) is 0. The predicted octanol–water partition coefficient (Wildman–Crippen LogP) is 2.67. The Kier molecular flexibility index (Phi) is 4.03. The van der Waals surface area contributed by atoms with E-state index in [-0.39, 0.29) is 6.61 Å². The SMILES string of the molecule is N#Cc1ccc(N(CCO)C2CCC2)c(Br)c1. The molecule has 1 N–H and O–H groups in total. The number of nitrogens with zero attached hydrogens (tertiary/aromatic N) is 2. The molecule has 0 radical (unpaired) electrons. The van der Waals surface area contributed by atoms with Crippen LogP contribution in [0, 0.1) is 11.3 Å². The Morgan fingerprint density at radius 2 is 2.24 bits per heavy atom. The van der Waals surface area contributed by atoms with Gasteiger partial charge < -0.3 is 10.0 Å². The lowest BCUT2D eigenvalue weighted by atomic mass is 9.91. The Morgan fingerprint density at radius 1 is 1.47 bits per heavy atom. The van der Waals surface area contributed by atoms with Crippen molar-refractivity contribution in [2.45, 2.75) is 25.3 Å². The molecular weight excluding hydrogens is 280 g/mol. The second-order valence-electron chi connectivity index (χ2n) is 4.28. The lowest BCUT2D eigenvalue weighted by Gasteiger charge is -2.39. The zero-order valence-electron chi connectivity index (χ0n) is 9.56. The highest BCUT2D eigenvalue weighted by molar-refractivity contribution is 9.10. The first-order valence-electron chi connectivity index (χ1n) is 5.83. The van der Waals surface area contributed by atoms with Gasteiger partial charge in [-0.1, -0.05) is 0 Å². The van der Waals surface area contributed by atoms with Gasteiger partial charge in [0.25, 0.3) is 0 Å². The fourth-order valence-corrected chi connectivity index (χ4v) is 2.72. The van der Waals surface area contributed by atoms with E-state index in [1.807, 2.05) is 18.2 Å². The molecule has 0 spiro atoms. The van der Waals surface area contributed by atoms with E-state index in [4.69, 9.17) is 10.4 Å². The lowest BCUT2D eigenvalue weighted by molar-refractivity contribution is 0.283. The number of benzene rings is 1. The van der Waals surface area contributed by atoms with Gasteiger partial charge in [-0.25, -0.2) is 0 Å². The Bertz CT molecular complexity index is 438. The number of aliphatic hydroxyl groups excluding tert-OH is 1. The normalized spacial score (nSPS) is 15.1. The molecule has 1 aliphatic carbocycles. The third kappa shape index (κ3) is 2.62. The van der Waals surface area contributed by atoms with Gasteiger partial charge in [-0.2, -0.15) is 5.26 Å². The van der Waals surface area contributed by atoms with Gasteiger partial charge in [-0.05, 0) is 53.4 Å². The second kappa shape index (κ2) is 5.52. The molecule has 1 saturated carbocycles. The molecule has 0 heterocycles. The molecule has 0 bridgehead atoms. The third-order valence-electron chi connectivity index (χ3n) is 3.24. The summed E-state index contributed by atoms with van der Waals surface area (Å²) in [4.78, 5) is 2.23. The monoisotopic (exact) mass is 294 g/mol. The van der Waals surface area contributed by atoms with Crippen LogP contribution in [0.2, 0.25) is 0 Å². The third-order valence-corrected chi connectivity index (χ3v) is 3.88. The van der Waals surface area contributed by atoms with Gasteiger partial charge in [0, 0.05) is 17.1 Å². The highest BCUT2D eigenvalue weighted by Crippen LogP contribution is 2.34. The van der Waals surface area contributed by atoms with Gasteiger partial charge in [-0.15, -0.1) is 0 Å². The van der Waals surface area contributed by atoms with E-state index in [1.54, 1.807) is 0 Å². The van der Waals surface area contributed by atoms with Crippen LogP contribution in [-0.4, -0.2) is 24.3 Å². The molecule has 0 unspecified atom stereocenters. The van der Waals surface area contributed by atoms with Crippen LogP contribution in [0.15, 0.2) is 22.7 Å².